The largest absolute Gasteiger partial charge is 0.444 e. The Bertz CT molecular complexity index is 1680. The zero-order chi connectivity index (χ0) is 30.3. The average Bonchev–Trinajstić information content (AvgIpc) is 3.25. The molecule has 0 atom stereocenters. The van der Waals surface area contributed by atoms with Crippen LogP contribution in [0.15, 0.2) is 42.6 Å². The molecule has 43 heavy (non-hydrogen) atoms. The molecule has 0 saturated carbocycles. The number of hydrogen-bond donors (Lipinski definition) is 1. The first-order valence-electron chi connectivity index (χ1n) is 14.8. The highest BCUT2D eigenvalue weighted by molar-refractivity contribution is 5.88. The van der Waals surface area contributed by atoms with Gasteiger partial charge in [0.2, 0.25) is 5.91 Å². The van der Waals surface area contributed by atoms with Gasteiger partial charge in [0.05, 0.1) is 11.4 Å². The molecule has 0 bridgehead atoms. The number of carbonyl (C=O) groups is 2. The van der Waals surface area contributed by atoms with Crippen molar-refractivity contribution in [1.29, 1.82) is 0 Å². The van der Waals surface area contributed by atoms with Crippen LogP contribution in [0.3, 0.4) is 0 Å². The van der Waals surface area contributed by atoms with Crippen molar-refractivity contribution in [3.05, 3.63) is 59.5 Å². The van der Waals surface area contributed by atoms with Gasteiger partial charge >= 0.3 is 6.09 Å². The minimum Gasteiger partial charge on any atom is -0.444 e. The third-order valence-corrected chi connectivity index (χ3v) is 7.99. The predicted molar refractivity (Wildman–Crippen MR) is 164 cm³/mol. The number of aromatic nitrogens is 5. The van der Waals surface area contributed by atoms with Gasteiger partial charge in [-0.3, -0.25) is 9.48 Å². The summed E-state index contributed by atoms with van der Waals surface area (Å²) in [5.74, 6) is 1.38. The summed E-state index contributed by atoms with van der Waals surface area (Å²) in [5.41, 5.74) is 4.32. The van der Waals surface area contributed by atoms with Crippen LogP contribution in [-0.2, 0) is 22.5 Å². The second kappa shape index (κ2) is 11.3. The highest BCUT2D eigenvalue weighted by atomic mass is 16.6. The maximum Gasteiger partial charge on any atom is 0.410 e. The Balaban J connectivity index is 1.11. The van der Waals surface area contributed by atoms with E-state index in [2.05, 4.69) is 26.6 Å². The lowest BCUT2D eigenvalue weighted by atomic mass is 10.0. The number of hydrogen-bond acceptors (Lipinski definition) is 8. The van der Waals surface area contributed by atoms with Crippen LogP contribution in [0.5, 0.6) is 0 Å². The summed E-state index contributed by atoms with van der Waals surface area (Å²) < 4.78 is 7.31. The number of likely N-dealkylation sites (tertiary alicyclic amines) is 1. The van der Waals surface area contributed by atoms with Gasteiger partial charge in [-0.05, 0) is 76.6 Å². The maximum atomic E-state index is 13.3. The monoisotopic (exact) mass is 582 g/mol. The number of amides is 2. The zero-order valence-corrected chi connectivity index (χ0v) is 25.4. The van der Waals surface area contributed by atoms with Crippen LogP contribution in [0.25, 0.3) is 22.0 Å². The van der Waals surface area contributed by atoms with Gasteiger partial charge in [0.15, 0.2) is 5.82 Å². The summed E-state index contributed by atoms with van der Waals surface area (Å²) >= 11 is 0. The van der Waals surface area contributed by atoms with E-state index >= 15 is 0 Å². The lowest BCUT2D eigenvalue weighted by Gasteiger charge is -2.38. The first-order valence-corrected chi connectivity index (χ1v) is 14.8. The van der Waals surface area contributed by atoms with Crippen molar-refractivity contribution in [2.45, 2.75) is 72.1 Å². The number of anilines is 2. The molecule has 5 heterocycles. The Hall–Kier alpha value is -4.54. The molecule has 0 radical (unpaired) electrons. The molecule has 2 aliphatic heterocycles. The van der Waals surface area contributed by atoms with E-state index in [-0.39, 0.29) is 24.6 Å². The van der Waals surface area contributed by atoms with Crippen molar-refractivity contribution in [3.8, 4) is 11.3 Å². The van der Waals surface area contributed by atoms with Crippen molar-refractivity contribution >= 4 is 34.4 Å². The van der Waals surface area contributed by atoms with Gasteiger partial charge in [-0.25, -0.2) is 9.78 Å². The van der Waals surface area contributed by atoms with Crippen LogP contribution >= 0.6 is 0 Å². The number of carbonyl (C=O) groups excluding carboxylic acids is 2. The van der Waals surface area contributed by atoms with Gasteiger partial charge in [-0.2, -0.15) is 10.2 Å². The van der Waals surface area contributed by atoms with Crippen molar-refractivity contribution < 1.29 is 14.3 Å². The molecule has 1 saturated heterocycles. The van der Waals surface area contributed by atoms with E-state index in [0.29, 0.717) is 37.7 Å². The van der Waals surface area contributed by atoms with E-state index in [0.717, 1.165) is 51.8 Å². The fourth-order valence-electron chi connectivity index (χ4n) is 5.90. The van der Waals surface area contributed by atoms with Gasteiger partial charge in [0.25, 0.3) is 0 Å². The molecule has 0 unspecified atom stereocenters. The van der Waals surface area contributed by atoms with E-state index in [9.17, 15) is 9.59 Å². The second-order valence-electron chi connectivity index (χ2n) is 12.5. The molecule has 0 spiro atoms. The fourth-order valence-corrected chi connectivity index (χ4v) is 5.90. The fraction of sp³-hybridized carbons (Fsp3) is 0.438. The molecule has 1 fully saturated rings. The van der Waals surface area contributed by atoms with Crippen LogP contribution in [0.2, 0.25) is 0 Å². The van der Waals surface area contributed by atoms with E-state index in [1.54, 1.807) is 9.58 Å². The molecule has 1 aromatic carbocycles. The molecular weight excluding hydrogens is 544 g/mol. The Morgan fingerprint density at radius 3 is 2.51 bits per heavy atom. The number of rotatable bonds is 4. The van der Waals surface area contributed by atoms with Gasteiger partial charge in [0, 0.05) is 61.0 Å². The predicted octanol–water partition coefficient (Wildman–Crippen LogP) is 5.03. The summed E-state index contributed by atoms with van der Waals surface area (Å²) in [6.45, 7) is 11.6. The van der Waals surface area contributed by atoms with Crippen LogP contribution < -0.4 is 5.32 Å². The summed E-state index contributed by atoms with van der Waals surface area (Å²) in [5, 5.41) is 18.7. The van der Waals surface area contributed by atoms with E-state index in [1.807, 2.05) is 76.0 Å². The summed E-state index contributed by atoms with van der Waals surface area (Å²) in [7, 11) is 0. The van der Waals surface area contributed by atoms with Gasteiger partial charge in [-0.1, -0.05) is 12.1 Å². The molecular formula is C32H38N8O3. The number of piperidine rings is 1. The molecule has 0 aliphatic carbocycles. The minimum absolute atomic E-state index is 0.0509. The van der Waals surface area contributed by atoms with Crippen LogP contribution in [0, 0.1) is 13.8 Å². The topological polar surface area (TPSA) is 118 Å². The second-order valence-corrected chi connectivity index (χ2v) is 12.5. The average molecular weight is 583 g/mol. The van der Waals surface area contributed by atoms with Gasteiger partial charge < -0.3 is 19.9 Å². The number of pyridine rings is 1. The van der Waals surface area contributed by atoms with E-state index < -0.39 is 5.60 Å². The molecule has 11 heteroatoms. The van der Waals surface area contributed by atoms with Crippen LogP contribution in [0.4, 0.5) is 16.4 Å². The first-order chi connectivity index (χ1) is 20.5. The number of aryl methyl sites for hydroxylation is 2. The van der Waals surface area contributed by atoms with Crippen LogP contribution in [-0.4, -0.2) is 78.0 Å². The third kappa shape index (κ3) is 6.30. The molecule has 4 aromatic rings. The number of fused-ring (bicyclic) bond motifs is 2. The van der Waals surface area contributed by atoms with Crippen molar-refractivity contribution in [2.24, 2.45) is 0 Å². The number of nitrogens with one attached hydrogen (secondary N) is 1. The Kier molecular flexibility index (Phi) is 7.49. The van der Waals surface area contributed by atoms with Crippen molar-refractivity contribution in [1.82, 2.24) is 34.8 Å². The molecule has 3 aromatic heterocycles. The van der Waals surface area contributed by atoms with Gasteiger partial charge in [-0.15, -0.1) is 5.10 Å². The van der Waals surface area contributed by atoms with E-state index in [1.165, 1.54) is 0 Å². The smallest absolute Gasteiger partial charge is 0.410 e. The molecule has 224 valence electrons. The summed E-state index contributed by atoms with van der Waals surface area (Å²) in [6, 6.07) is 12.3. The Morgan fingerprint density at radius 2 is 1.77 bits per heavy atom. The van der Waals surface area contributed by atoms with Crippen molar-refractivity contribution in [3.63, 3.8) is 0 Å². The quantitative estimate of drug-likeness (QED) is 0.356. The minimum atomic E-state index is -0.521. The number of benzene rings is 1. The maximum absolute atomic E-state index is 13.3. The van der Waals surface area contributed by atoms with Crippen molar-refractivity contribution in [2.75, 3.05) is 25.0 Å². The normalized spacial score (nSPS) is 16.3. The first kappa shape index (κ1) is 28.6. The van der Waals surface area contributed by atoms with E-state index in [4.69, 9.17) is 9.84 Å². The molecule has 2 aliphatic rings. The molecule has 2 amide bonds. The Labute approximate surface area is 251 Å². The molecule has 6 rings (SSSR count). The lowest BCUT2D eigenvalue weighted by Crippen LogP contribution is -2.50. The summed E-state index contributed by atoms with van der Waals surface area (Å²) in [4.78, 5) is 34.0. The zero-order valence-electron chi connectivity index (χ0n) is 25.4. The standard InChI is InChI=1S/C32H38N8O3/c1-20-14-21(2)35-36-30(20)22-6-7-23-18-33-27(16-24(23)15-22)34-28-17-26-10-13-39(29(41)19-40(26)37-28)25-8-11-38(12-9-25)31(42)43-32(3,4)5/h6-7,14-18,25H,8-13,19H2,1-5H3,(H,33,34,37). The highest BCUT2D eigenvalue weighted by Crippen LogP contribution is 2.28. The van der Waals surface area contributed by atoms with Crippen LogP contribution in [0.1, 0.15) is 50.6 Å². The van der Waals surface area contributed by atoms with Gasteiger partial charge in [0.1, 0.15) is 18.0 Å². The molecule has 11 nitrogen and oxygen atoms in total. The Morgan fingerprint density at radius 1 is 0.977 bits per heavy atom. The third-order valence-electron chi connectivity index (χ3n) is 7.99. The SMILES string of the molecule is Cc1cc(C)c(-c2ccc3cnc(Nc4cc5n(n4)CC(=O)N(C4CCN(C(=O)OC(C)(C)C)CC4)CC5)cc3c2)nn1. The molecule has 1 N–H and O–H groups in total. The summed E-state index contributed by atoms with van der Waals surface area (Å²) in [6.07, 6.45) is 3.74. The number of nitrogens with zero attached hydrogens (tertiary/aromatic N) is 7. The highest BCUT2D eigenvalue weighted by Gasteiger charge is 2.33. The number of ether oxygens (including phenoxy) is 1. The lowest BCUT2D eigenvalue weighted by molar-refractivity contribution is -0.134.